The molecule has 84 valence electrons. The lowest BCUT2D eigenvalue weighted by Gasteiger charge is -2.24. The van der Waals surface area contributed by atoms with Crippen molar-refractivity contribution in [3.8, 4) is 5.88 Å². The molecule has 1 rings (SSSR count). The summed E-state index contributed by atoms with van der Waals surface area (Å²) in [5.41, 5.74) is 0. The summed E-state index contributed by atoms with van der Waals surface area (Å²) in [4.78, 5) is 10.5. The van der Waals surface area contributed by atoms with E-state index in [1.807, 2.05) is 25.8 Å². The molecule has 0 aliphatic heterocycles. The molecule has 5 heteroatoms. The molecule has 0 bridgehead atoms. The molecule has 0 aromatic carbocycles. The fourth-order valence-corrected chi connectivity index (χ4v) is 1.35. The van der Waals surface area contributed by atoms with E-state index in [-0.39, 0.29) is 6.04 Å². The molecule has 0 aliphatic rings. The molecule has 0 saturated carbocycles. The summed E-state index contributed by atoms with van der Waals surface area (Å²) in [6, 6.07) is 2.03. The second kappa shape index (κ2) is 5.16. The molecular formula is C10H16ClN3O. The Morgan fingerprint density at radius 3 is 2.73 bits per heavy atom. The van der Waals surface area contributed by atoms with Gasteiger partial charge in [-0.05, 0) is 13.8 Å². The van der Waals surface area contributed by atoms with Crippen LogP contribution in [0.2, 0.25) is 0 Å². The Labute approximate surface area is 95.2 Å². The summed E-state index contributed by atoms with van der Waals surface area (Å²) in [5.74, 6) is 2.65. The highest BCUT2D eigenvalue weighted by Crippen LogP contribution is 2.18. The smallest absolute Gasteiger partial charge is 0.218 e. The Hall–Kier alpha value is -1.03. The molecule has 0 fully saturated rings. The lowest BCUT2D eigenvalue weighted by Crippen LogP contribution is -2.31. The molecule has 0 spiro atoms. The molecule has 0 aliphatic carbocycles. The molecular weight excluding hydrogens is 214 g/mol. The van der Waals surface area contributed by atoms with Gasteiger partial charge in [0.1, 0.15) is 11.6 Å². The Balaban J connectivity index is 2.97. The third kappa shape index (κ3) is 2.96. The molecule has 1 heterocycles. The quantitative estimate of drug-likeness (QED) is 0.739. The second-order valence-electron chi connectivity index (χ2n) is 3.43. The van der Waals surface area contributed by atoms with Gasteiger partial charge in [0.15, 0.2) is 0 Å². The SMILES string of the molecule is COc1cc(N(C)C(C)CCl)nc(C)n1. The number of rotatable bonds is 4. The summed E-state index contributed by atoms with van der Waals surface area (Å²) in [7, 11) is 3.55. The van der Waals surface area contributed by atoms with E-state index >= 15 is 0 Å². The van der Waals surface area contributed by atoms with Gasteiger partial charge in [-0.2, -0.15) is 4.98 Å². The molecule has 1 atom stereocenters. The van der Waals surface area contributed by atoms with Crippen LogP contribution >= 0.6 is 11.6 Å². The maximum Gasteiger partial charge on any atom is 0.218 e. The van der Waals surface area contributed by atoms with Crippen LogP contribution in [0.15, 0.2) is 6.07 Å². The fraction of sp³-hybridized carbons (Fsp3) is 0.600. The number of nitrogens with zero attached hydrogens (tertiary/aromatic N) is 3. The number of ether oxygens (including phenoxy) is 1. The summed E-state index contributed by atoms with van der Waals surface area (Å²) >= 11 is 5.79. The predicted octanol–water partition coefficient (Wildman–Crippen LogP) is 1.86. The Morgan fingerprint density at radius 1 is 1.53 bits per heavy atom. The number of aryl methyl sites for hydroxylation is 1. The number of aromatic nitrogens is 2. The van der Waals surface area contributed by atoms with E-state index < -0.39 is 0 Å². The van der Waals surface area contributed by atoms with Gasteiger partial charge in [0.05, 0.1) is 7.11 Å². The molecule has 4 nitrogen and oxygen atoms in total. The van der Waals surface area contributed by atoms with Crippen molar-refractivity contribution >= 4 is 17.4 Å². The monoisotopic (exact) mass is 229 g/mol. The normalized spacial score (nSPS) is 12.3. The van der Waals surface area contributed by atoms with Gasteiger partial charge in [-0.25, -0.2) is 4.98 Å². The van der Waals surface area contributed by atoms with E-state index in [2.05, 4.69) is 9.97 Å². The summed E-state index contributed by atoms with van der Waals surface area (Å²) in [6.45, 7) is 3.88. The highest BCUT2D eigenvalue weighted by molar-refractivity contribution is 6.18. The number of alkyl halides is 1. The molecule has 1 unspecified atom stereocenters. The first kappa shape index (κ1) is 12.0. The van der Waals surface area contributed by atoms with E-state index in [1.165, 1.54) is 0 Å². The summed E-state index contributed by atoms with van der Waals surface area (Å²) < 4.78 is 5.09. The van der Waals surface area contributed by atoms with Crippen molar-refractivity contribution in [1.29, 1.82) is 0 Å². The minimum absolute atomic E-state index is 0.227. The van der Waals surface area contributed by atoms with Gasteiger partial charge in [-0.1, -0.05) is 0 Å². The van der Waals surface area contributed by atoms with E-state index in [4.69, 9.17) is 16.3 Å². The average molecular weight is 230 g/mol. The largest absolute Gasteiger partial charge is 0.481 e. The molecule has 0 saturated heterocycles. The lowest BCUT2D eigenvalue weighted by atomic mass is 10.3. The minimum Gasteiger partial charge on any atom is -0.481 e. The van der Waals surface area contributed by atoms with Crippen molar-refractivity contribution in [1.82, 2.24) is 9.97 Å². The van der Waals surface area contributed by atoms with Crippen LogP contribution < -0.4 is 9.64 Å². The highest BCUT2D eigenvalue weighted by Gasteiger charge is 2.12. The topological polar surface area (TPSA) is 38.2 Å². The number of hydrogen-bond donors (Lipinski definition) is 0. The Morgan fingerprint density at radius 2 is 2.20 bits per heavy atom. The molecule has 0 radical (unpaired) electrons. The van der Waals surface area contributed by atoms with Crippen LogP contribution in [0, 0.1) is 6.92 Å². The Kier molecular flexibility index (Phi) is 4.15. The first-order valence-electron chi connectivity index (χ1n) is 4.77. The maximum atomic E-state index is 5.79. The zero-order valence-corrected chi connectivity index (χ0v) is 10.2. The third-order valence-electron chi connectivity index (χ3n) is 2.26. The van der Waals surface area contributed by atoms with Crippen molar-refractivity contribution in [3.05, 3.63) is 11.9 Å². The van der Waals surface area contributed by atoms with Crippen LogP contribution in [-0.2, 0) is 0 Å². The van der Waals surface area contributed by atoms with Crippen LogP contribution in [0.5, 0.6) is 5.88 Å². The first-order chi connectivity index (χ1) is 7.08. The van der Waals surface area contributed by atoms with Crippen molar-refractivity contribution in [2.24, 2.45) is 0 Å². The molecule has 1 aromatic rings. The van der Waals surface area contributed by atoms with Crippen molar-refractivity contribution in [3.63, 3.8) is 0 Å². The first-order valence-corrected chi connectivity index (χ1v) is 5.30. The van der Waals surface area contributed by atoms with E-state index in [0.29, 0.717) is 17.6 Å². The number of halogens is 1. The van der Waals surface area contributed by atoms with Crippen LogP contribution in [0.3, 0.4) is 0 Å². The standard InChI is InChI=1S/C10H16ClN3O/c1-7(6-11)14(3)9-5-10(15-4)13-8(2)12-9/h5,7H,6H2,1-4H3. The number of methoxy groups -OCH3 is 1. The van der Waals surface area contributed by atoms with Crippen LogP contribution in [0.25, 0.3) is 0 Å². The second-order valence-corrected chi connectivity index (χ2v) is 3.74. The van der Waals surface area contributed by atoms with Crippen LogP contribution in [0.4, 0.5) is 5.82 Å². The average Bonchev–Trinajstić information content (AvgIpc) is 2.26. The molecule has 1 aromatic heterocycles. The minimum atomic E-state index is 0.227. The van der Waals surface area contributed by atoms with E-state index in [1.54, 1.807) is 13.2 Å². The van der Waals surface area contributed by atoms with Gasteiger partial charge >= 0.3 is 0 Å². The molecule has 15 heavy (non-hydrogen) atoms. The number of hydrogen-bond acceptors (Lipinski definition) is 4. The Bertz CT molecular complexity index is 332. The van der Waals surface area contributed by atoms with Crippen molar-refractivity contribution in [2.75, 3.05) is 24.9 Å². The summed E-state index contributed by atoms with van der Waals surface area (Å²) in [6.07, 6.45) is 0. The highest BCUT2D eigenvalue weighted by atomic mass is 35.5. The van der Waals surface area contributed by atoms with Crippen molar-refractivity contribution < 1.29 is 4.74 Å². The maximum absolute atomic E-state index is 5.79. The van der Waals surface area contributed by atoms with Crippen LogP contribution in [0.1, 0.15) is 12.7 Å². The fourth-order valence-electron chi connectivity index (χ4n) is 1.14. The lowest BCUT2D eigenvalue weighted by molar-refractivity contribution is 0.395. The van der Waals surface area contributed by atoms with E-state index in [0.717, 1.165) is 5.82 Å². The van der Waals surface area contributed by atoms with Gasteiger partial charge in [0.25, 0.3) is 0 Å². The van der Waals surface area contributed by atoms with Crippen LogP contribution in [-0.4, -0.2) is 36.0 Å². The number of anilines is 1. The molecule has 0 amide bonds. The predicted molar refractivity (Wildman–Crippen MR) is 61.9 cm³/mol. The zero-order chi connectivity index (χ0) is 11.4. The third-order valence-corrected chi connectivity index (χ3v) is 2.70. The van der Waals surface area contributed by atoms with Crippen molar-refractivity contribution in [2.45, 2.75) is 19.9 Å². The van der Waals surface area contributed by atoms with Gasteiger partial charge in [-0.3, -0.25) is 0 Å². The van der Waals surface area contributed by atoms with E-state index in [9.17, 15) is 0 Å². The molecule has 0 N–H and O–H groups in total. The summed E-state index contributed by atoms with van der Waals surface area (Å²) in [5, 5.41) is 0. The van der Waals surface area contributed by atoms with Gasteiger partial charge < -0.3 is 9.64 Å². The van der Waals surface area contributed by atoms with Gasteiger partial charge in [0, 0.05) is 25.0 Å². The van der Waals surface area contributed by atoms with Gasteiger partial charge in [0.2, 0.25) is 5.88 Å². The van der Waals surface area contributed by atoms with Gasteiger partial charge in [-0.15, -0.1) is 11.6 Å². The zero-order valence-electron chi connectivity index (χ0n) is 9.49.